The summed E-state index contributed by atoms with van der Waals surface area (Å²) in [4.78, 5) is 12.0. The predicted octanol–water partition coefficient (Wildman–Crippen LogP) is 3.60. The van der Waals surface area contributed by atoms with E-state index in [0.717, 1.165) is 18.5 Å². The van der Waals surface area contributed by atoms with Gasteiger partial charge in [0.25, 0.3) is 0 Å². The number of hydrogen-bond acceptors (Lipinski definition) is 3. The first-order chi connectivity index (χ1) is 10.2. The highest BCUT2D eigenvalue weighted by Crippen LogP contribution is 2.27. The Hall–Kier alpha value is -1.42. The van der Waals surface area contributed by atoms with E-state index in [0.29, 0.717) is 16.8 Å². The van der Waals surface area contributed by atoms with E-state index in [4.69, 9.17) is 16.3 Å². The summed E-state index contributed by atoms with van der Waals surface area (Å²) in [5, 5.41) is 6.81. The first-order valence-electron chi connectivity index (χ1n) is 7.56. The van der Waals surface area contributed by atoms with E-state index in [2.05, 4.69) is 10.6 Å². The zero-order chi connectivity index (χ0) is 15.1. The monoisotopic (exact) mass is 310 g/mol. The molecule has 1 aromatic rings. The molecular weight excluding hydrogens is 288 g/mol. The minimum absolute atomic E-state index is 0.0175. The maximum absolute atomic E-state index is 12.0. The number of carbonyl (C=O) groups is 1. The molecule has 0 bridgehead atoms. The average molecular weight is 311 g/mol. The first-order valence-corrected chi connectivity index (χ1v) is 7.93. The lowest BCUT2D eigenvalue weighted by molar-refractivity contribution is -0.120. The third-order valence-electron chi connectivity index (χ3n) is 3.82. The molecule has 1 amide bonds. The predicted molar refractivity (Wildman–Crippen MR) is 86.1 cm³/mol. The molecule has 1 aliphatic rings. The van der Waals surface area contributed by atoms with Gasteiger partial charge in [0.05, 0.1) is 19.3 Å². The van der Waals surface area contributed by atoms with Gasteiger partial charge in [-0.05, 0) is 31.0 Å². The molecule has 1 saturated carbocycles. The quantitative estimate of drug-likeness (QED) is 0.817. The van der Waals surface area contributed by atoms with Crippen LogP contribution >= 0.6 is 11.6 Å². The zero-order valence-electron chi connectivity index (χ0n) is 12.5. The molecule has 1 aliphatic carbocycles. The van der Waals surface area contributed by atoms with E-state index in [1.54, 1.807) is 25.3 Å². The summed E-state index contributed by atoms with van der Waals surface area (Å²) < 4.78 is 5.25. The Morgan fingerprint density at radius 1 is 1.29 bits per heavy atom. The fourth-order valence-electron chi connectivity index (χ4n) is 2.70. The molecule has 1 fully saturated rings. The molecule has 0 unspecified atom stereocenters. The van der Waals surface area contributed by atoms with Crippen LogP contribution in [0.3, 0.4) is 0 Å². The highest BCUT2D eigenvalue weighted by molar-refractivity contribution is 6.30. The average Bonchev–Trinajstić information content (AvgIpc) is 2.74. The summed E-state index contributed by atoms with van der Waals surface area (Å²) in [7, 11) is 1.60. The standard InChI is InChI=1S/C16H23ClN2O2/c1-21-15-9-8-12(17)10-14(15)18-11-16(20)19-13-6-4-2-3-5-7-13/h8-10,13,18H,2-7,11H2,1H3,(H,19,20). The molecular formula is C16H23ClN2O2. The van der Waals surface area contributed by atoms with Gasteiger partial charge in [0.2, 0.25) is 5.91 Å². The molecule has 4 nitrogen and oxygen atoms in total. The van der Waals surface area contributed by atoms with Crippen molar-refractivity contribution >= 4 is 23.2 Å². The van der Waals surface area contributed by atoms with Crippen molar-refractivity contribution in [3.8, 4) is 5.75 Å². The molecule has 0 saturated heterocycles. The highest BCUT2D eigenvalue weighted by atomic mass is 35.5. The van der Waals surface area contributed by atoms with Crippen LogP contribution in [0.1, 0.15) is 38.5 Å². The van der Waals surface area contributed by atoms with Gasteiger partial charge < -0.3 is 15.4 Å². The molecule has 0 aromatic heterocycles. The van der Waals surface area contributed by atoms with Crippen molar-refractivity contribution in [1.82, 2.24) is 5.32 Å². The summed E-state index contributed by atoms with van der Waals surface area (Å²) in [5.74, 6) is 0.700. The summed E-state index contributed by atoms with van der Waals surface area (Å²) in [5.41, 5.74) is 0.737. The second kappa shape index (κ2) is 8.13. The molecule has 21 heavy (non-hydrogen) atoms. The van der Waals surface area contributed by atoms with Gasteiger partial charge in [0.1, 0.15) is 5.75 Å². The lowest BCUT2D eigenvalue weighted by Gasteiger charge is -2.17. The number of amides is 1. The number of carbonyl (C=O) groups excluding carboxylic acids is 1. The number of nitrogens with one attached hydrogen (secondary N) is 2. The lowest BCUT2D eigenvalue weighted by Crippen LogP contribution is -2.38. The molecule has 2 rings (SSSR count). The van der Waals surface area contributed by atoms with Crippen LogP contribution in [-0.4, -0.2) is 25.6 Å². The number of benzene rings is 1. The number of hydrogen-bond donors (Lipinski definition) is 2. The van der Waals surface area contributed by atoms with Gasteiger partial charge in [-0.2, -0.15) is 0 Å². The normalized spacial score (nSPS) is 16.1. The topological polar surface area (TPSA) is 50.4 Å². The molecule has 1 aromatic carbocycles. The van der Waals surface area contributed by atoms with Crippen molar-refractivity contribution in [2.45, 2.75) is 44.6 Å². The van der Waals surface area contributed by atoms with Crippen molar-refractivity contribution in [2.24, 2.45) is 0 Å². The molecule has 2 N–H and O–H groups in total. The van der Waals surface area contributed by atoms with Gasteiger partial charge in [0.15, 0.2) is 0 Å². The van der Waals surface area contributed by atoms with E-state index in [1.807, 2.05) is 0 Å². The Morgan fingerprint density at radius 3 is 2.67 bits per heavy atom. The fourth-order valence-corrected chi connectivity index (χ4v) is 2.87. The van der Waals surface area contributed by atoms with Crippen molar-refractivity contribution in [3.63, 3.8) is 0 Å². The number of methoxy groups -OCH3 is 1. The minimum Gasteiger partial charge on any atom is -0.495 e. The van der Waals surface area contributed by atoms with Crippen LogP contribution in [-0.2, 0) is 4.79 Å². The molecule has 0 heterocycles. The SMILES string of the molecule is COc1ccc(Cl)cc1NCC(=O)NC1CCCCCC1. The number of rotatable bonds is 5. The van der Waals surface area contributed by atoms with Gasteiger partial charge in [-0.3, -0.25) is 4.79 Å². The molecule has 0 spiro atoms. The fraction of sp³-hybridized carbons (Fsp3) is 0.562. The first kappa shape index (κ1) is 16.0. The molecule has 0 atom stereocenters. The third-order valence-corrected chi connectivity index (χ3v) is 4.06. The number of halogens is 1. The molecule has 0 radical (unpaired) electrons. The zero-order valence-corrected chi connectivity index (χ0v) is 13.2. The minimum atomic E-state index is 0.0175. The highest BCUT2D eigenvalue weighted by Gasteiger charge is 2.14. The van der Waals surface area contributed by atoms with E-state index in [1.165, 1.54) is 25.7 Å². The van der Waals surface area contributed by atoms with Gasteiger partial charge in [-0.15, -0.1) is 0 Å². The van der Waals surface area contributed by atoms with Crippen molar-refractivity contribution in [1.29, 1.82) is 0 Å². The van der Waals surface area contributed by atoms with Crippen molar-refractivity contribution in [3.05, 3.63) is 23.2 Å². The Balaban J connectivity index is 1.84. The van der Waals surface area contributed by atoms with Crippen molar-refractivity contribution in [2.75, 3.05) is 19.0 Å². The van der Waals surface area contributed by atoms with Crippen LogP contribution in [0, 0.1) is 0 Å². The van der Waals surface area contributed by atoms with E-state index >= 15 is 0 Å². The lowest BCUT2D eigenvalue weighted by atomic mass is 10.1. The maximum atomic E-state index is 12.0. The molecule has 5 heteroatoms. The second-order valence-electron chi connectivity index (χ2n) is 5.45. The van der Waals surface area contributed by atoms with Crippen LogP contribution in [0.25, 0.3) is 0 Å². The molecule has 0 aliphatic heterocycles. The van der Waals surface area contributed by atoms with Gasteiger partial charge in [-0.25, -0.2) is 0 Å². The van der Waals surface area contributed by atoms with E-state index < -0.39 is 0 Å². The number of ether oxygens (including phenoxy) is 1. The van der Waals surface area contributed by atoms with Gasteiger partial charge >= 0.3 is 0 Å². The number of anilines is 1. The van der Waals surface area contributed by atoms with Crippen LogP contribution in [0.4, 0.5) is 5.69 Å². The largest absolute Gasteiger partial charge is 0.495 e. The Labute approximate surface area is 131 Å². The smallest absolute Gasteiger partial charge is 0.239 e. The van der Waals surface area contributed by atoms with Gasteiger partial charge in [-0.1, -0.05) is 37.3 Å². The van der Waals surface area contributed by atoms with Crippen LogP contribution in [0.5, 0.6) is 5.75 Å². The van der Waals surface area contributed by atoms with Crippen LogP contribution < -0.4 is 15.4 Å². The van der Waals surface area contributed by atoms with Crippen molar-refractivity contribution < 1.29 is 9.53 Å². The Kier molecular flexibility index (Phi) is 6.18. The molecule has 116 valence electrons. The summed E-state index contributed by atoms with van der Waals surface area (Å²) in [6.07, 6.45) is 7.16. The van der Waals surface area contributed by atoms with Gasteiger partial charge in [0, 0.05) is 11.1 Å². The Morgan fingerprint density at radius 2 is 2.00 bits per heavy atom. The summed E-state index contributed by atoms with van der Waals surface area (Å²) in [6.45, 7) is 0.229. The summed E-state index contributed by atoms with van der Waals surface area (Å²) in [6, 6.07) is 5.63. The maximum Gasteiger partial charge on any atom is 0.239 e. The van der Waals surface area contributed by atoms with E-state index in [9.17, 15) is 4.79 Å². The summed E-state index contributed by atoms with van der Waals surface area (Å²) >= 11 is 5.97. The Bertz CT molecular complexity index is 471. The van der Waals surface area contributed by atoms with E-state index in [-0.39, 0.29) is 12.5 Å². The second-order valence-corrected chi connectivity index (χ2v) is 5.89. The third kappa shape index (κ3) is 5.12. The van der Waals surface area contributed by atoms with Crippen LogP contribution in [0.2, 0.25) is 5.02 Å². The van der Waals surface area contributed by atoms with Crippen LogP contribution in [0.15, 0.2) is 18.2 Å².